The molecule has 1 heterocycles. The van der Waals surface area contributed by atoms with Crippen LogP contribution in [0.2, 0.25) is 0 Å². The molecule has 0 saturated heterocycles. The lowest BCUT2D eigenvalue weighted by molar-refractivity contribution is -0.137. The second-order valence-corrected chi connectivity index (χ2v) is 3.98. The molecule has 1 aliphatic heterocycles. The van der Waals surface area contributed by atoms with Gasteiger partial charge >= 0.3 is 6.18 Å². The second kappa shape index (κ2) is 4.56. The molecule has 0 saturated carbocycles. The van der Waals surface area contributed by atoms with Crippen LogP contribution >= 0.6 is 11.6 Å². The van der Waals surface area contributed by atoms with E-state index < -0.39 is 11.7 Å². The average Bonchev–Trinajstić information content (AvgIpc) is 2.76. The van der Waals surface area contributed by atoms with Gasteiger partial charge in [-0.25, -0.2) is 0 Å². The van der Waals surface area contributed by atoms with Crippen LogP contribution in [0.25, 0.3) is 0 Å². The average molecular weight is 264 g/mol. The minimum atomic E-state index is -4.31. The number of nitrogens with zero attached hydrogens (tertiary/aromatic N) is 1. The summed E-state index contributed by atoms with van der Waals surface area (Å²) in [5.74, 6) is 0.275. The molecule has 1 aliphatic rings. The van der Waals surface area contributed by atoms with Gasteiger partial charge in [0.25, 0.3) is 0 Å². The van der Waals surface area contributed by atoms with Gasteiger partial charge in [-0.05, 0) is 17.7 Å². The molecule has 92 valence electrons. The van der Waals surface area contributed by atoms with Crippen molar-refractivity contribution >= 4 is 17.3 Å². The zero-order valence-corrected chi connectivity index (χ0v) is 9.42. The Morgan fingerprint density at radius 2 is 1.94 bits per heavy atom. The fraction of sp³-hybridized carbons (Fsp3) is 0.364. The van der Waals surface area contributed by atoms with Crippen LogP contribution in [0.5, 0.6) is 0 Å². The first-order chi connectivity index (χ1) is 8.00. The summed E-state index contributed by atoms with van der Waals surface area (Å²) < 4.78 is 37.0. The van der Waals surface area contributed by atoms with Gasteiger partial charge in [0.2, 0.25) is 0 Å². The summed E-state index contributed by atoms with van der Waals surface area (Å²) in [5, 5.41) is 3.75. The Morgan fingerprint density at radius 3 is 2.41 bits per heavy atom. The Kier molecular flexibility index (Phi) is 3.28. The van der Waals surface area contributed by atoms with Gasteiger partial charge in [-0.2, -0.15) is 13.2 Å². The summed E-state index contributed by atoms with van der Waals surface area (Å²) in [6.45, 7) is 0. The minimum Gasteiger partial charge on any atom is -0.387 e. The smallest absolute Gasteiger partial charge is 0.387 e. The van der Waals surface area contributed by atoms with Crippen molar-refractivity contribution in [2.45, 2.75) is 18.7 Å². The Morgan fingerprint density at radius 1 is 1.29 bits per heavy atom. The third-order valence-corrected chi connectivity index (χ3v) is 2.80. The number of oxime groups is 1. The number of halogens is 4. The Bertz CT molecular complexity index is 427. The van der Waals surface area contributed by atoms with Gasteiger partial charge in [-0.3, -0.25) is 0 Å². The first-order valence-electron chi connectivity index (χ1n) is 4.95. The highest BCUT2D eigenvalue weighted by molar-refractivity contribution is 6.28. The van der Waals surface area contributed by atoms with E-state index in [4.69, 9.17) is 16.4 Å². The van der Waals surface area contributed by atoms with Crippen LogP contribution in [0, 0.1) is 0 Å². The molecule has 0 amide bonds. The molecule has 0 fully saturated rings. The highest BCUT2D eigenvalue weighted by Crippen LogP contribution is 2.32. The molecule has 1 aromatic rings. The first-order valence-corrected chi connectivity index (χ1v) is 5.49. The summed E-state index contributed by atoms with van der Waals surface area (Å²) in [7, 11) is 0. The summed E-state index contributed by atoms with van der Waals surface area (Å²) in [5.41, 5.74) is 0.705. The maximum atomic E-state index is 12.3. The summed E-state index contributed by atoms with van der Waals surface area (Å²) in [6.07, 6.45) is -4.12. The minimum absolute atomic E-state index is 0.275. The fourth-order valence-corrected chi connectivity index (χ4v) is 1.73. The molecule has 2 rings (SSSR count). The largest absolute Gasteiger partial charge is 0.416 e. The van der Waals surface area contributed by atoms with Crippen LogP contribution < -0.4 is 0 Å². The van der Waals surface area contributed by atoms with Gasteiger partial charge < -0.3 is 4.84 Å². The number of hydrogen-bond acceptors (Lipinski definition) is 2. The molecule has 0 N–H and O–H groups in total. The van der Waals surface area contributed by atoms with Crippen LogP contribution in [-0.4, -0.2) is 11.6 Å². The van der Waals surface area contributed by atoms with Gasteiger partial charge in [0, 0.05) is 6.42 Å². The third-order valence-electron chi connectivity index (χ3n) is 2.49. The highest BCUT2D eigenvalue weighted by atomic mass is 35.5. The van der Waals surface area contributed by atoms with Gasteiger partial charge in [0.05, 0.1) is 17.2 Å². The van der Waals surface area contributed by atoms with Crippen molar-refractivity contribution in [2.75, 3.05) is 5.88 Å². The molecule has 1 atom stereocenters. The van der Waals surface area contributed by atoms with Crippen molar-refractivity contribution in [3.05, 3.63) is 35.4 Å². The lowest BCUT2D eigenvalue weighted by Crippen LogP contribution is -2.06. The van der Waals surface area contributed by atoms with Crippen LogP contribution in [0.3, 0.4) is 0 Å². The van der Waals surface area contributed by atoms with E-state index in [-0.39, 0.29) is 12.0 Å². The van der Waals surface area contributed by atoms with E-state index >= 15 is 0 Å². The molecule has 1 aromatic carbocycles. The van der Waals surface area contributed by atoms with Gasteiger partial charge in [0.15, 0.2) is 6.10 Å². The number of hydrogen-bond donors (Lipinski definition) is 0. The van der Waals surface area contributed by atoms with Crippen LogP contribution in [-0.2, 0) is 11.0 Å². The van der Waals surface area contributed by atoms with Gasteiger partial charge in [0.1, 0.15) is 0 Å². The lowest BCUT2D eigenvalue weighted by Gasteiger charge is -2.10. The first kappa shape index (κ1) is 12.2. The zero-order valence-electron chi connectivity index (χ0n) is 8.67. The predicted molar refractivity (Wildman–Crippen MR) is 58.0 cm³/mol. The van der Waals surface area contributed by atoms with Gasteiger partial charge in [-0.1, -0.05) is 17.3 Å². The third kappa shape index (κ3) is 2.72. The maximum Gasteiger partial charge on any atom is 0.416 e. The molecule has 2 nitrogen and oxygen atoms in total. The van der Waals surface area contributed by atoms with Gasteiger partial charge in [-0.15, -0.1) is 11.6 Å². The van der Waals surface area contributed by atoms with Crippen molar-refractivity contribution < 1.29 is 18.0 Å². The summed E-state index contributed by atoms with van der Waals surface area (Å²) in [4.78, 5) is 5.09. The van der Waals surface area contributed by atoms with E-state index in [0.717, 1.165) is 12.1 Å². The van der Waals surface area contributed by atoms with E-state index in [9.17, 15) is 13.2 Å². The second-order valence-electron chi connectivity index (χ2n) is 3.71. The number of alkyl halides is 4. The van der Waals surface area contributed by atoms with Crippen molar-refractivity contribution in [1.29, 1.82) is 0 Å². The standard InChI is InChI=1S/C11H9ClF3NO/c12-6-9-5-10(17-16-9)7-1-3-8(4-2-7)11(13,14)15/h1-4,10H,5-6H2. The van der Waals surface area contributed by atoms with Crippen LogP contribution in [0.15, 0.2) is 29.4 Å². The maximum absolute atomic E-state index is 12.3. The van der Waals surface area contributed by atoms with E-state index in [0.29, 0.717) is 17.7 Å². The molecular formula is C11H9ClF3NO. The molecule has 1 unspecified atom stereocenters. The molecule has 0 bridgehead atoms. The number of benzene rings is 1. The fourth-order valence-electron chi connectivity index (χ4n) is 1.57. The molecule has 0 radical (unpaired) electrons. The molecule has 17 heavy (non-hydrogen) atoms. The van der Waals surface area contributed by atoms with Crippen molar-refractivity contribution in [3.63, 3.8) is 0 Å². The monoisotopic (exact) mass is 263 g/mol. The SMILES string of the molecule is FC(F)(F)c1ccc(C2CC(CCl)=NO2)cc1. The quantitative estimate of drug-likeness (QED) is 0.745. The number of rotatable bonds is 2. The summed E-state index contributed by atoms with van der Waals surface area (Å²) in [6, 6.07) is 4.88. The van der Waals surface area contributed by atoms with Crippen molar-refractivity contribution in [1.82, 2.24) is 0 Å². The highest BCUT2D eigenvalue weighted by Gasteiger charge is 2.31. The van der Waals surface area contributed by atoms with E-state index in [1.54, 1.807) is 0 Å². The van der Waals surface area contributed by atoms with Crippen molar-refractivity contribution in [3.8, 4) is 0 Å². The van der Waals surface area contributed by atoms with Crippen LogP contribution in [0.1, 0.15) is 23.7 Å². The Labute approximate surface area is 101 Å². The van der Waals surface area contributed by atoms with E-state index in [1.807, 2.05) is 0 Å². The summed E-state index contributed by atoms with van der Waals surface area (Å²) >= 11 is 5.59. The molecule has 6 heteroatoms. The van der Waals surface area contributed by atoms with E-state index in [2.05, 4.69) is 5.16 Å². The normalized spacial score (nSPS) is 20.0. The topological polar surface area (TPSA) is 21.6 Å². The molecule has 0 aliphatic carbocycles. The molecule has 0 spiro atoms. The van der Waals surface area contributed by atoms with Crippen LogP contribution in [0.4, 0.5) is 13.2 Å². The van der Waals surface area contributed by atoms with Crippen molar-refractivity contribution in [2.24, 2.45) is 5.16 Å². The molecular weight excluding hydrogens is 255 g/mol. The Hall–Kier alpha value is -1.23. The predicted octanol–water partition coefficient (Wildman–Crippen LogP) is 3.76. The Balaban J connectivity index is 2.10. The van der Waals surface area contributed by atoms with E-state index in [1.165, 1.54) is 12.1 Å². The molecule has 0 aromatic heterocycles. The lowest BCUT2D eigenvalue weighted by atomic mass is 10.0. The zero-order chi connectivity index (χ0) is 12.5.